The second-order valence-electron chi connectivity index (χ2n) is 5.32. The van der Waals surface area contributed by atoms with Crippen molar-refractivity contribution in [2.75, 3.05) is 7.11 Å². The molecule has 20 heavy (non-hydrogen) atoms. The van der Waals surface area contributed by atoms with Crippen molar-refractivity contribution < 1.29 is 4.74 Å². The van der Waals surface area contributed by atoms with E-state index in [0.717, 1.165) is 5.75 Å². The molecular formula is C17H23NOS. The lowest BCUT2D eigenvalue weighted by molar-refractivity contribution is 0.397. The molecule has 0 fully saturated rings. The molecule has 0 aliphatic heterocycles. The number of methoxy groups -OCH3 is 1. The Morgan fingerprint density at radius 3 is 2.45 bits per heavy atom. The fourth-order valence-electron chi connectivity index (χ4n) is 2.56. The molecule has 0 bridgehead atoms. The van der Waals surface area contributed by atoms with Gasteiger partial charge >= 0.3 is 0 Å². The number of nitrogens with one attached hydrogen (secondary N) is 1. The van der Waals surface area contributed by atoms with Crippen molar-refractivity contribution in [3.05, 3.63) is 51.2 Å². The molecular weight excluding hydrogens is 266 g/mol. The third-order valence-corrected chi connectivity index (χ3v) is 4.85. The number of hydrogen-bond donors (Lipinski definition) is 1. The smallest absolute Gasteiger partial charge is 0.123 e. The average Bonchev–Trinajstić information content (AvgIpc) is 2.85. The summed E-state index contributed by atoms with van der Waals surface area (Å²) in [6, 6.07) is 9.10. The largest absolute Gasteiger partial charge is 0.496 e. The van der Waals surface area contributed by atoms with Crippen LogP contribution in [0.4, 0.5) is 0 Å². The van der Waals surface area contributed by atoms with Gasteiger partial charge in [0.1, 0.15) is 5.75 Å². The van der Waals surface area contributed by atoms with Gasteiger partial charge in [0.2, 0.25) is 0 Å². The number of hydrogen-bond acceptors (Lipinski definition) is 3. The predicted octanol–water partition coefficient (Wildman–Crippen LogP) is 4.79. The van der Waals surface area contributed by atoms with Gasteiger partial charge in [-0.1, -0.05) is 17.7 Å². The summed E-state index contributed by atoms with van der Waals surface area (Å²) in [5, 5.41) is 5.83. The lowest BCUT2D eigenvalue weighted by Gasteiger charge is -2.22. The first-order valence-corrected chi connectivity index (χ1v) is 7.85. The van der Waals surface area contributed by atoms with Gasteiger partial charge in [0.25, 0.3) is 0 Å². The van der Waals surface area contributed by atoms with E-state index in [1.165, 1.54) is 21.6 Å². The lowest BCUT2D eigenvalue weighted by atomic mass is 10.0. The molecule has 1 aromatic carbocycles. The molecule has 1 N–H and O–H groups in total. The number of rotatable bonds is 5. The number of thiophene rings is 1. The molecule has 0 saturated carbocycles. The van der Waals surface area contributed by atoms with Crippen molar-refractivity contribution in [1.82, 2.24) is 5.32 Å². The molecule has 2 nitrogen and oxygen atoms in total. The molecule has 2 rings (SSSR count). The molecule has 0 aliphatic carbocycles. The van der Waals surface area contributed by atoms with Gasteiger partial charge < -0.3 is 10.1 Å². The summed E-state index contributed by atoms with van der Waals surface area (Å²) in [6.07, 6.45) is 0. The first-order chi connectivity index (χ1) is 9.52. The Bertz CT molecular complexity index is 576. The van der Waals surface area contributed by atoms with Crippen LogP contribution in [0.15, 0.2) is 29.6 Å². The van der Waals surface area contributed by atoms with E-state index in [1.807, 2.05) is 17.4 Å². The van der Waals surface area contributed by atoms with Crippen molar-refractivity contribution >= 4 is 11.3 Å². The van der Waals surface area contributed by atoms with Crippen LogP contribution in [0.1, 0.15) is 47.5 Å². The highest BCUT2D eigenvalue weighted by Crippen LogP contribution is 2.30. The third kappa shape index (κ3) is 3.22. The summed E-state index contributed by atoms with van der Waals surface area (Å²) in [6.45, 7) is 8.69. The quantitative estimate of drug-likeness (QED) is 0.855. The summed E-state index contributed by atoms with van der Waals surface area (Å²) in [5.41, 5.74) is 3.83. The van der Waals surface area contributed by atoms with Crippen LogP contribution in [-0.4, -0.2) is 7.11 Å². The SMILES string of the molecule is COc1ccc(C)cc1C(C)NC(C)c1sccc1C. The zero-order chi connectivity index (χ0) is 14.7. The van der Waals surface area contributed by atoms with E-state index in [9.17, 15) is 0 Å². The van der Waals surface area contributed by atoms with Gasteiger partial charge in [-0.3, -0.25) is 0 Å². The number of aryl methyl sites for hydroxylation is 2. The highest BCUT2D eigenvalue weighted by atomic mass is 32.1. The zero-order valence-electron chi connectivity index (χ0n) is 12.9. The summed E-state index contributed by atoms with van der Waals surface area (Å²) in [5.74, 6) is 0.950. The Labute approximate surface area is 125 Å². The molecule has 1 heterocycles. The van der Waals surface area contributed by atoms with E-state index >= 15 is 0 Å². The van der Waals surface area contributed by atoms with Crippen LogP contribution >= 0.6 is 11.3 Å². The van der Waals surface area contributed by atoms with E-state index in [4.69, 9.17) is 4.74 Å². The number of ether oxygens (including phenoxy) is 1. The fraction of sp³-hybridized carbons (Fsp3) is 0.412. The molecule has 0 amide bonds. The Morgan fingerprint density at radius 2 is 1.85 bits per heavy atom. The average molecular weight is 289 g/mol. The Kier molecular flexibility index (Phi) is 4.84. The van der Waals surface area contributed by atoms with Crippen molar-refractivity contribution in [2.24, 2.45) is 0 Å². The van der Waals surface area contributed by atoms with E-state index in [-0.39, 0.29) is 6.04 Å². The fourth-order valence-corrected chi connectivity index (χ4v) is 3.51. The Hall–Kier alpha value is -1.32. The standard InChI is InChI=1S/C17H23NOS/c1-11-6-7-16(19-5)15(10-11)13(3)18-14(4)17-12(2)8-9-20-17/h6-10,13-14,18H,1-5H3. The molecule has 108 valence electrons. The Morgan fingerprint density at radius 1 is 1.10 bits per heavy atom. The molecule has 2 atom stereocenters. The summed E-state index contributed by atoms with van der Waals surface area (Å²) in [4.78, 5) is 1.41. The van der Waals surface area contributed by atoms with Gasteiger partial charge in [-0.05, 0) is 50.8 Å². The minimum absolute atomic E-state index is 0.251. The van der Waals surface area contributed by atoms with Gasteiger partial charge in [0.05, 0.1) is 7.11 Å². The maximum absolute atomic E-state index is 5.48. The summed E-state index contributed by atoms with van der Waals surface area (Å²) < 4.78 is 5.48. The van der Waals surface area contributed by atoms with Gasteiger partial charge in [-0.25, -0.2) is 0 Å². The predicted molar refractivity (Wildman–Crippen MR) is 86.8 cm³/mol. The van der Waals surface area contributed by atoms with Gasteiger partial charge in [0.15, 0.2) is 0 Å². The number of benzene rings is 1. The second kappa shape index (κ2) is 6.42. The highest BCUT2D eigenvalue weighted by molar-refractivity contribution is 7.10. The van der Waals surface area contributed by atoms with Crippen LogP contribution in [0.25, 0.3) is 0 Å². The minimum Gasteiger partial charge on any atom is -0.496 e. The molecule has 2 aromatic rings. The van der Waals surface area contributed by atoms with Crippen LogP contribution in [0.2, 0.25) is 0 Å². The van der Waals surface area contributed by atoms with Crippen LogP contribution in [0.5, 0.6) is 5.75 Å². The molecule has 0 spiro atoms. The van der Waals surface area contributed by atoms with E-state index in [0.29, 0.717) is 6.04 Å². The maximum atomic E-state index is 5.48. The van der Waals surface area contributed by atoms with Crippen LogP contribution in [-0.2, 0) is 0 Å². The second-order valence-corrected chi connectivity index (χ2v) is 6.27. The topological polar surface area (TPSA) is 21.3 Å². The third-order valence-electron chi connectivity index (χ3n) is 3.65. The van der Waals surface area contributed by atoms with E-state index < -0.39 is 0 Å². The minimum atomic E-state index is 0.251. The van der Waals surface area contributed by atoms with E-state index in [2.05, 4.69) is 56.6 Å². The van der Waals surface area contributed by atoms with Crippen LogP contribution in [0.3, 0.4) is 0 Å². The first kappa shape index (κ1) is 15.1. The van der Waals surface area contributed by atoms with Crippen LogP contribution < -0.4 is 10.1 Å². The van der Waals surface area contributed by atoms with Crippen molar-refractivity contribution in [1.29, 1.82) is 0 Å². The molecule has 1 aromatic heterocycles. The summed E-state index contributed by atoms with van der Waals surface area (Å²) in [7, 11) is 1.73. The molecule has 0 aliphatic rings. The van der Waals surface area contributed by atoms with Crippen LogP contribution in [0, 0.1) is 13.8 Å². The summed E-state index contributed by atoms with van der Waals surface area (Å²) >= 11 is 1.81. The van der Waals surface area contributed by atoms with Gasteiger partial charge in [0, 0.05) is 22.5 Å². The van der Waals surface area contributed by atoms with Gasteiger partial charge in [-0.15, -0.1) is 11.3 Å². The maximum Gasteiger partial charge on any atom is 0.123 e. The van der Waals surface area contributed by atoms with Crippen molar-refractivity contribution in [3.8, 4) is 5.75 Å². The Balaban J connectivity index is 2.18. The lowest BCUT2D eigenvalue weighted by Crippen LogP contribution is -2.22. The van der Waals surface area contributed by atoms with Gasteiger partial charge in [-0.2, -0.15) is 0 Å². The highest BCUT2D eigenvalue weighted by Gasteiger charge is 2.16. The van der Waals surface area contributed by atoms with Crippen molar-refractivity contribution in [2.45, 2.75) is 39.8 Å². The zero-order valence-corrected chi connectivity index (χ0v) is 13.7. The monoisotopic (exact) mass is 289 g/mol. The van der Waals surface area contributed by atoms with E-state index in [1.54, 1.807) is 7.11 Å². The molecule has 2 unspecified atom stereocenters. The molecule has 0 radical (unpaired) electrons. The molecule has 3 heteroatoms. The molecule has 0 saturated heterocycles. The normalized spacial score (nSPS) is 14.1. The first-order valence-electron chi connectivity index (χ1n) is 6.97. The van der Waals surface area contributed by atoms with Crippen molar-refractivity contribution in [3.63, 3.8) is 0 Å².